The average Bonchev–Trinajstić information content (AvgIpc) is 2.52. The van der Waals surface area contributed by atoms with Gasteiger partial charge >= 0.3 is 0 Å². The fraction of sp³-hybridized carbons (Fsp3) is 0.167. The first kappa shape index (κ1) is 13.0. The average molecular weight is 291 g/mol. The molecule has 1 aliphatic carbocycles. The summed E-state index contributed by atoms with van der Waals surface area (Å²) in [5.41, 5.74) is 1.78. The van der Waals surface area contributed by atoms with Crippen molar-refractivity contribution in [3.8, 4) is 0 Å². The molecule has 108 valence electrons. The van der Waals surface area contributed by atoms with Crippen molar-refractivity contribution in [1.82, 2.24) is 0 Å². The van der Waals surface area contributed by atoms with Gasteiger partial charge in [-0.25, -0.2) is 0 Å². The Balaban J connectivity index is 2.24. The molecule has 0 fully saturated rings. The van der Waals surface area contributed by atoms with Gasteiger partial charge < -0.3 is 0 Å². The highest BCUT2D eigenvalue weighted by molar-refractivity contribution is 6.17. The molecule has 3 aromatic rings. The van der Waals surface area contributed by atoms with E-state index in [4.69, 9.17) is 0 Å². The molecule has 0 aliphatic heterocycles. The molecule has 0 amide bonds. The number of nitro groups is 1. The number of benzene rings is 3. The molecule has 0 heterocycles. The number of carbonyl (C=O) groups excluding carboxylic acids is 1. The summed E-state index contributed by atoms with van der Waals surface area (Å²) in [5.74, 6) is 0.0939. The van der Waals surface area contributed by atoms with Crippen LogP contribution in [0.2, 0.25) is 0 Å². The van der Waals surface area contributed by atoms with Crippen LogP contribution in [-0.4, -0.2) is 10.7 Å². The predicted molar refractivity (Wildman–Crippen MR) is 85.4 cm³/mol. The number of non-ortho nitro benzene ring substituents is 1. The number of rotatable bonds is 1. The van der Waals surface area contributed by atoms with Crippen molar-refractivity contribution >= 4 is 33.0 Å². The summed E-state index contributed by atoms with van der Waals surface area (Å²) in [5, 5.41) is 14.3. The van der Waals surface area contributed by atoms with Crippen LogP contribution in [-0.2, 0) is 6.42 Å². The molecule has 4 nitrogen and oxygen atoms in total. The predicted octanol–water partition coefficient (Wildman–Crippen LogP) is 4.42. The molecule has 0 unspecified atom stereocenters. The Morgan fingerprint density at radius 3 is 2.59 bits per heavy atom. The first-order valence-corrected chi connectivity index (χ1v) is 7.32. The van der Waals surface area contributed by atoms with Gasteiger partial charge in [-0.2, -0.15) is 0 Å². The third-order valence-corrected chi connectivity index (χ3v) is 4.41. The van der Waals surface area contributed by atoms with Gasteiger partial charge in [0, 0.05) is 17.4 Å². The minimum atomic E-state index is -0.343. The first-order valence-electron chi connectivity index (χ1n) is 7.32. The van der Waals surface area contributed by atoms with Gasteiger partial charge in [0.05, 0.1) is 15.7 Å². The van der Waals surface area contributed by atoms with Crippen LogP contribution >= 0.6 is 0 Å². The highest BCUT2D eigenvalue weighted by Crippen LogP contribution is 2.38. The van der Waals surface area contributed by atoms with Crippen molar-refractivity contribution in [1.29, 1.82) is 0 Å². The summed E-state index contributed by atoms with van der Waals surface area (Å²) >= 11 is 0. The topological polar surface area (TPSA) is 60.2 Å². The van der Waals surface area contributed by atoms with Gasteiger partial charge in [0.15, 0.2) is 5.78 Å². The first-order chi connectivity index (χ1) is 10.7. The maximum atomic E-state index is 12.3. The van der Waals surface area contributed by atoms with E-state index in [-0.39, 0.29) is 16.4 Å². The van der Waals surface area contributed by atoms with Gasteiger partial charge in [-0.15, -0.1) is 0 Å². The van der Waals surface area contributed by atoms with E-state index in [1.54, 1.807) is 18.2 Å². The van der Waals surface area contributed by atoms with E-state index < -0.39 is 0 Å². The second-order valence-electron chi connectivity index (χ2n) is 5.67. The fourth-order valence-corrected chi connectivity index (χ4v) is 3.46. The van der Waals surface area contributed by atoms with Crippen molar-refractivity contribution in [3.05, 3.63) is 63.7 Å². The summed E-state index contributed by atoms with van der Waals surface area (Å²) in [7, 11) is 0. The largest absolute Gasteiger partial charge is 0.294 e. The normalized spacial score (nSPS) is 14.3. The molecule has 0 saturated carbocycles. The molecule has 3 aromatic carbocycles. The Bertz CT molecular complexity index is 959. The van der Waals surface area contributed by atoms with Crippen LogP contribution in [0.5, 0.6) is 0 Å². The number of aryl methyl sites for hydroxylation is 1. The maximum absolute atomic E-state index is 12.3. The quantitative estimate of drug-likeness (QED) is 0.379. The maximum Gasteiger partial charge on any atom is 0.284 e. The van der Waals surface area contributed by atoms with Crippen molar-refractivity contribution in [2.45, 2.75) is 19.3 Å². The Morgan fingerprint density at radius 1 is 0.955 bits per heavy atom. The Hall–Kier alpha value is -2.75. The summed E-state index contributed by atoms with van der Waals surface area (Å²) in [6.07, 6.45) is 2.23. The molecule has 0 radical (unpaired) electrons. The highest BCUT2D eigenvalue weighted by Gasteiger charge is 2.24. The van der Waals surface area contributed by atoms with Crippen LogP contribution in [0.3, 0.4) is 0 Å². The van der Waals surface area contributed by atoms with Gasteiger partial charge in [-0.3, -0.25) is 14.9 Å². The molecule has 1 aliphatic rings. The zero-order valence-electron chi connectivity index (χ0n) is 11.8. The lowest BCUT2D eigenvalue weighted by Crippen LogP contribution is -2.11. The lowest BCUT2D eigenvalue weighted by molar-refractivity contribution is -0.381. The van der Waals surface area contributed by atoms with E-state index in [0.717, 1.165) is 23.8 Å². The lowest BCUT2D eigenvalue weighted by atomic mass is 9.85. The van der Waals surface area contributed by atoms with Crippen LogP contribution in [0.25, 0.3) is 21.5 Å². The van der Waals surface area contributed by atoms with Crippen molar-refractivity contribution in [2.75, 3.05) is 0 Å². The molecule has 0 bridgehead atoms. The molecule has 4 heteroatoms. The smallest absolute Gasteiger partial charge is 0.284 e. The van der Waals surface area contributed by atoms with E-state index in [1.807, 2.05) is 24.3 Å². The highest BCUT2D eigenvalue weighted by atomic mass is 16.6. The Kier molecular flexibility index (Phi) is 2.73. The standard InChI is InChI=1S/C18H13NO3/c20-16-7-3-5-11-8-9-14-15(17(11)16)10-12-4-1-2-6-13(12)18(14)19(21)22/h1-2,4,6,8-10H,3,5,7H2. The number of carbonyl (C=O) groups is 1. The zero-order valence-corrected chi connectivity index (χ0v) is 11.8. The number of fused-ring (bicyclic) bond motifs is 4. The monoisotopic (exact) mass is 291 g/mol. The minimum Gasteiger partial charge on any atom is -0.294 e. The zero-order chi connectivity index (χ0) is 15.3. The van der Waals surface area contributed by atoms with Gasteiger partial charge in [-0.05, 0) is 42.0 Å². The molecule has 22 heavy (non-hydrogen) atoms. The van der Waals surface area contributed by atoms with E-state index in [9.17, 15) is 14.9 Å². The van der Waals surface area contributed by atoms with Crippen molar-refractivity contribution in [3.63, 3.8) is 0 Å². The van der Waals surface area contributed by atoms with Crippen LogP contribution in [0, 0.1) is 10.1 Å². The molecule has 0 saturated heterocycles. The van der Waals surface area contributed by atoms with Crippen LogP contribution in [0.15, 0.2) is 42.5 Å². The van der Waals surface area contributed by atoms with Gasteiger partial charge in [0.2, 0.25) is 0 Å². The lowest BCUT2D eigenvalue weighted by Gasteiger charge is -2.17. The molecule has 4 rings (SSSR count). The second kappa shape index (κ2) is 4.63. The van der Waals surface area contributed by atoms with E-state index >= 15 is 0 Å². The minimum absolute atomic E-state index is 0.0919. The number of Topliss-reactive ketones (excluding diaryl/α,β-unsaturated/α-hetero) is 1. The Labute approximate surface area is 126 Å². The van der Waals surface area contributed by atoms with Crippen LogP contribution in [0.1, 0.15) is 28.8 Å². The molecule has 0 atom stereocenters. The third kappa shape index (κ3) is 1.73. The number of ketones is 1. The SMILES string of the molecule is O=C1CCCc2ccc3c([N+](=O)[O-])c4ccccc4cc3c21. The van der Waals surface area contributed by atoms with E-state index in [1.165, 1.54) is 0 Å². The van der Waals surface area contributed by atoms with Gasteiger partial charge in [0.25, 0.3) is 5.69 Å². The van der Waals surface area contributed by atoms with Crippen LogP contribution < -0.4 is 0 Å². The van der Waals surface area contributed by atoms with Crippen molar-refractivity contribution < 1.29 is 9.72 Å². The molecular weight excluding hydrogens is 278 g/mol. The summed E-state index contributed by atoms with van der Waals surface area (Å²) in [4.78, 5) is 23.6. The molecule has 0 spiro atoms. The number of hydrogen-bond donors (Lipinski definition) is 0. The number of nitro benzene ring substituents is 1. The fourth-order valence-electron chi connectivity index (χ4n) is 3.46. The van der Waals surface area contributed by atoms with Gasteiger partial charge in [0.1, 0.15) is 0 Å². The molecule has 0 aromatic heterocycles. The van der Waals surface area contributed by atoms with Gasteiger partial charge in [-0.1, -0.05) is 24.3 Å². The van der Waals surface area contributed by atoms with E-state index in [0.29, 0.717) is 28.1 Å². The third-order valence-electron chi connectivity index (χ3n) is 4.41. The summed E-state index contributed by atoms with van der Waals surface area (Å²) in [6.45, 7) is 0. The molecular formula is C18H13NO3. The van der Waals surface area contributed by atoms with Crippen molar-refractivity contribution in [2.24, 2.45) is 0 Å². The summed E-state index contributed by atoms with van der Waals surface area (Å²) < 4.78 is 0. The number of hydrogen-bond acceptors (Lipinski definition) is 3. The van der Waals surface area contributed by atoms with Crippen LogP contribution in [0.4, 0.5) is 5.69 Å². The van der Waals surface area contributed by atoms with E-state index in [2.05, 4.69) is 0 Å². The number of nitrogens with zero attached hydrogens (tertiary/aromatic N) is 1. The second-order valence-corrected chi connectivity index (χ2v) is 5.67. The summed E-state index contributed by atoms with van der Waals surface area (Å²) in [6, 6.07) is 12.8. The Morgan fingerprint density at radius 2 is 1.77 bits per heavy atom. The molecule has 0 N–H and O–H groups in total.